The van der Waals surface area contributed by atoms with Crippen molar-refractivity contribution < 1.29 is 58.6 Å². The van der Waals surface area contributed by atoms with Gasteiger partial charge in [0, 0.05) is 53.8 Å². The molecule has 0 heterocycles. The van der Waals surface area contributed by atoms with Gasteiger partial charge in [0.05, 0.1) is 5.91 Å². The average molecular weight is 568 g/mol. The molecule has 0 aromatic rings. The third kappa shape index (κ3) is 9.51. The monoisotopic (exact) mass is 568 g/mol. The first-order valence-electron chi connectivity index (χ1n) is 8.95. The predicted octanol–water partition coefficient (Wildman–Crippen LogP) is 5.87. The Balaban J connectivity index is -0.000000619. The van der Waals surface area contributed by atoms with Crippen LogP contribution in [0.1, 0.15) is 73.1 Å². The zero-order chi connectivity index (χ0) is 16.4. The van der Waals surface area contributed by atoms with Crippen LogP contribution in [0.5, 0.6) is 0 Å². The Labute approximate surface area is 185 Å². The van der Waals surface area contributed by atoms with Crippen LogP contribution in [-0.4, -0.2) is 13.0 Å². The summed E-state index contributed by atoms with van der Waals surface area (Å²) < 4.78 is 0. The Morgan fingerprint density at radius 3 is 2.09 bits per heavy atom. The topological polar surface area (TPSA) is 31.2 Å². The number of hydrogen-bond acceptors (Lipinski definition) is 1. The van der Waals surface area contributed by atoms with E-state index in [0.717, 1.165) is 36.0 Å². The predicted molar refractivity (Wildman–Crippen MR) is 93.2 cm³/mol. The maximum atomic E-state index is 11.2. The molecule has 3 atom stereocenters. The number of rotatable bonds is 4. The van der Waals surface area contributed by atoms with Crippen molar-refractivity contribution >= 4 is 5.91 Å². The Morgan fingerprint density at radius 2 is 1.65 bits per heavy atom. The van der Waals surface area contributed by atoms with E-state index >= 15 is 0 Å². The van der Waals surface area contributed by atoms with Crippen molar-refractivity contribution in [1.82, 2.24) is 0 Å². The Hall–Kier alpha value is 1.26. The maximum absolute atomic E-state index is 11.2. The van der Waals surface area contributed by atoms with E-state index in [0.29, 0.717) is 6.42 Å². The summed E-state index contributed by atoms with van der Waals surface area (Å²) in [5.41, 5.74) is 0. The molecule has 135 valence electrons. The minimum atomic E-state index is 0. The fourth-order valence-corrected chi connectivity index (χ4v) is 4.09. The zero-order valence-electron chi connectivity index (χ0n) is 16.2. The molecule has 23 heavy (non-hydrogen) atoms. The minimum absolute atomic E-state index is 0. The van der Waals surface area contributed by atoms with Crippen LogP contribution in [0.3, 0.4) is 0 Å². The number of amides is 1. The molecular formula is C19H37NOWY-2. The van der Waals surface area contributed by atoms with Crippen molar-refractivity contribution in [2.24, 2.45) is 29.6 Å². The van der Waals surface area contributed by atoms with Gasteiger partial charge in [0.2, 0.25) is 0 Å². The van der Waals surface area contributed by atoms with Crippen LogP contribution in [-0.2, 0) is 58.6 Å². The summed E-state index contributed by atoms with van der Waals surface area (Å²) in [4.78, 5) is 11.2. The van der Waals surface area contributed by atoms with Crippen molar-refractivity contribution in [2.75, 3.05) is 7.05 Å². The smallest absolute Gasteiger partial charge is 0.0509 e. The van der Waals surface area contributed by atoms with Gasteiger partial charge in [-0.25, -0.2) is 0 Å². The molecule has 4 heteroatoms. The molecule has 2 fully saturated rings. The van der Waals surface area contributed by atoms with Crippen molar-refractivity contribution in [2.45, 2.75) is 73.1 Å². The maximum Gasteiger partial charge on any atom is 0.0509 e. The molecule has 0 aromatic carbocycles. The Bertz CT molecular complexity index is 283. The molecule has 2 aliphatic carbocycles. The fraction of sp³-hybridized carbons (Fsp3) is 0.895. The van der Waals surface area contributed by atoms with Crippen LogP contribution in [0.4, 0.5) is 0 Å². The van der Waals surface area contributed by atoms with Crippen LogP contribution in [0.15, 0.2) is 0 Å². The first-order valence-corrected chi connectivity index (χ1v) is 8.95. The minimum Gasteiger partial charge on any atom is -0.656 e. The molecule has 1 amide bonds. The molecule has 2 nitrogen and oxygen atoms in total. The molecule has 2 saturated carbocycles. The van der Waals surface area contributed by atoms with Gasteiger partial charge in [-0.1, -0.05) is 27.7 Å². The number of carbonyl (C=O) groups is 1. The number of carbonyl (C=O) groups excluding carboxylic acids is 1. The zero-order valence-corrected chi connectivity index (χ0v) is 21.9. The largest absolute Gasteiger partial charge is 0.656 e. The second kappa shape index (κ2) is 16.7. The Morgan fingerprint density at radius 1 is 1.13 bits per heavy atom. The van der Waals surface area contributed by atoms with Gasteiger partial charge in [-0.05, 0) is 68.1 Å². The van der Waals surface area contributed by atoms with Gasteiger partial charge in [0.25, 0.3) is 0 Å². The van der Waals surface area contributed by atoms with Crippen LogP contribution < -0.4 is 0 Å². The van der Waals surface area contributed by atoms with Crippen molar-refractivity contribution in [1.29, 1.82) is 0 Å². The van der Waals surface area contributed by atoms with E-state index < -0.39 is 0 Å². The van der Waals surface area contributed by atoms with Crippen LogP contribution in [0.2, 0.25) is 0 Å². The van der Waals surface area contributed by atoms with Crippen LogP contribution in [0.25, 0.3) is 5.32 Å². The summed E-state index contributed by atoms with van der Waals surface area (Å²) in [7, 11) is 1.61. The molecule has 0 bridgehead atoms. The van der Waals surface area contributed by atoms with Gasteiger partial charge in [-0.2, -0.15) is 6.92 Å². The van der Waals surface area contributed by atoms with Crippen molar-refractivity contribution in [3.05, 3.63) is 12.2 Å². The van der Waals surface area contributed by atoms with E-state index in [-0.39, 0.29) is 59.7 Å². The molecule has 1 radical (unpaired) electrons. The van der Waals surface area contributed by atoms with Gasteiger partial charge in [-0.15, -0.1) is 7.05 Å². The summed E-state index contributed by atoms with van der Waals surface area (Å²) in [6.07, 6.45) is 7.37. The fourth-order valence-electron chi connectivity index (χ4n) is 4.09. The second-order valence-corrected chi connectivity index (χ2v) is 6.35. The van der Waals surface area contributed by atoms with E-state index in [1.54, 1.807) is 14.0 Å². The summed E-state index contributed by atoms with van der Waals surface area (Å²) in [6, 6.07) is 0. The first kappa shape index (κ1) is 29.0. The average Bonchev–Trinajstić information content (AvgIpc) is 2.86. The van der Waals surface area contributed by atoms with Gasteiger partial charge >= 0.3 is 0 Å². The van der Waals surface area contributed by atoms with Crippen LogP contribution in [0, 0.1) is 36.5 Å². The molecule has 0 saturated heterocycles. The summed E-state index contributed by atoms with van der Waals surface area (Å²) in [5.74, 6) is 4.60. The second-order valence-electron chi connectivity index (χ2n) is 6.35. The van der Waals surface area contributed by atoms with Gasteiger partial charge in [-0.3, -0.25) is 0 Å². The summed E-state index contributed by atoms with van der Waals surface area (Å²) >= 11 is 0. The van der Waals surface area contributed by atoms with Crippen molar-refractivity contribution in [3.8, 4) is 0 Å². The van der Waals surface area contributed by atoms with Crippen LogP contribution >= 0.6 is 0 Å². The molecule has 2 rings (SSSR count). The third-order valence-electron chi connectivity index (χ3n) is 5.28. The third-order valence-corrected chi connectivity index (χ3v) is 5.28. The normalized spacial score (nSPS) is 30.8. The van der Waals surface area contributed by atoms with E-state index in [9.17, 15) is 4.79 Å². The Kier molecular flexibility index (Phi) is 21.1. The molecule has 0 aromatic heterocycles. The first-order chi connectivity index (χ1) is 10.1. The molecule has 2 aliphatic rings. The molecule has 0 N–H and O–H groups in total. The van der Waals surface area contributed by atoms with E-state index in [1.807, 2.05) is 13.8 Å². The molecule has 0 unspecified atom stereocenters. The molecule has 0 aliphatic heterocycles. The van der Waals surface area contributed by atoms with E-state index in [4.69, 9.17) is 0 Å². The standard InChI is InChI=1S/C15H27NO.C2H6.C2H5.W.Y/c1-10-8-13(9-10)14-6-4-12(11(14)2)5-7-15(17)16-3;2*1-2;;/h10-14H,4-9H2,1-3H3,(H,16,17);1-2H3;1H2,2H3;;/q;;-1;;/p-1/t10?,11-,12+,13?,14+;;;;/m0..../s1. The van der Waals surface area contributed by atoms with E-state index in [1.165, 1.54) is 25.7 Å². The SMILES string of the molecule is CC.C[N-]C(=O)CC[C@H]1CC[C@@H](C2CC(C)C2)[C@H]1C.[CH2-]C.[W].[Y]. The number of hydrogen-bond donors (Lipinski definition) is 0. The van der Waals surface area contributed by atoms with E-state index in [2.05, 4.69) is 26.1 Å². The van der Waals surface area contributed by atoms with Gasteiger partial charge in [0.1, 0.15) is 0 Å². The summed E-state index contributed by atoms with van der Waals surface area (Å²) in [5, 5.41) is 3.73. The molecular weight excluding hydrogens is 531 g/mol. The number of nitrogens with zero attached hydrogens (tertiary/aromatic N) is 1. The van der Waals surface area contributed by atoms with Gasteiger partial charge in [0.15, 0.2) is 0 Å². The quantitative estimate of drug-likeness (QED) is 0.391. The molecule has 0 spiro atoms. The van der Waals surface area contributed by atoms with Crippen molar-refractivity contribution in [3.63, 3.8) is 0 Å². The summed E-state index contributed by atoms with van der Waals surface area (Å²) in [6.45, 7) is 13.8. The van der Waals surface area contributed by atoms with Gasteiger partial charge < -0.3 is 17.0 Å².